The lowest BCUT2D eigenvalue weighted by Crippen LogP contribution is -2.11. The van der Waals surface area contributed by atoms with Gasteiger partial charge in [0.25, 0.3) is 0 Å². The number of rotatable bonds is 14. The third-order valence-corrected chi connectivity index (χ3v) is 5.07. The Kier molecular flexibility index (Phi) is 11.1. The molecule has 0 amide bonds. The minimum atomic E-state index is 0.445. The van der Waals surface area contributed by atoms with Crippen LogP contribution < -0.4 is 9.47 Å². The van der Waals surface area contributed by atoms with Gasteiger partial charge in [0.1, 0.15) is 24.7 Å². The Morgan fingerprint density at radius 2 is 0.964 bits per heavy atom. The Labute approximate surface area is 182 Å². The molecule has 28 heavy (non-hydrogen) atoms. The summed E-state index contributed by atoms with van der Waals surface area (Å²) in [6, 6.07) is 7.93. The van der Waals surface area contributed by atoms with Crippen LogP contribution >= 0.6 is 31.9 Å². The average molecular weight is 522 g/mol. The van der Waals surface area contributed by atoms with Gasteiger partial charge in [-0.15, -0.1) is 0 Å². The van der Waals surface area contributed by atoms with E-state index in [-0.39, 0.29) is 0 Å². The summed E-state index contributed by atoms with van der Waals surface area (Å²) in [7, 11) is 3.30. The predicted octanol–water partition coefficient (Wildman–Crippen LogP) is 4.45. The van der Waals surface area contributed by atoms with E-state index in [4.69, 9.17) is 28.4 Å². The highest BCUT2D eigenvalue weighted by atomic mass is 79.9. The van der Waals surface area contributed by atoms with Gasteiger partial charge in [0, 0.05) is 25.0 Å². The first-order chi connectivity index (χ1) is 13.7. The van der Waals surface area contributed by atoms with Crippen LogP contribution in [0.25, 0.3) is 10.8 Å². The molecule has 2 aromatic rings. The summed E-state index contributed by atoms with van der Waals surface area (Å²) >= 11 is 7.14. The first-order valence-electron chi connectivity index (χ1n) is 8.98. The summed E-state index contributed by atoms with van der Waals surface area (Å²) in [6.07, 6.45) is 0. The van der Waals surface area contributed by atoms with Gasteiger partial charge in [0.2, 0.25) is 0 Å². The van der Waals surface area contributed by atoms with E-state index in [9.17, 15) is 0 Å². The molecule has 8 heteroatoms. The van der Waals surface area contributed by atoms with Crippen LogP contribution in [0.1, 0.15) is 0 Å². The van der Waals surface area contributed by atoms with E-state index in [1.165, 1.54) is 0 Å². The zero-order chi connectivity index (χ0) is 20.2. The van der Waals surface area contributed by atoms with E-state index in [0.29, 0.717) is 52.9 Å². The molecule has 0 aromatic heterocycles. The number of methoxy groups -OCH3 is 2. The number of fused-ring (bicyclic) bond motifs is 1. The SMILES string of the molecule is COCCOCCOc1c(Br)ccc2c(OCCOCCOC)c(Br)ccc12. The molecule has 6 nitrogen and oxygen atoms in total. The Balaban J connectivity index is 2.04. The van der Waals surface area contributed by atoms with Gasteiger partial charge in [-0.3, -0.25) is 0 Å². The van der Waals surface area contributed by atoms with Crippen molar-refractivity contribution in [2.75, 3.05) is 67.1 Å². The molecule has 0 spiro atoms. The molecule has 0 unspecified atom stereocenters. The quantitative estimate of drug-likeness (QED) is 0.342. The normalized spacial score (nSPS) is 11.1. The molecule has 0 radical (unpaired) electrons. The number of ether oxygens (including phenoxy) is 6. The summed E-state index contributed by atoms with van der Waals surface area (Å²) in [4.78, 5) is 0. The van der Waals surface area contributed by atoms with E-state index in [2.05, 4.69) is 31.9 Å². The zero-order valence-electron chi connectivity index (χ0n) is 16.2. The molecule has 0 saturated heterocycles. The molecule has 0 aliphatic heterocycles. The molecule has 2 aromatic carbocycles. The minimum absolute atomic E-state index is 0.445. The van der Waals surface area contributed by atoms with E-state index < -0.39 is 0 Å². The van der Waals surface area contributed by atoms with E-state index in [0.717, 1.165) is 31.2 Å². The summed E-state index contributed by atoms with van der Waals surface area (Å²) in [5.74, 6) is 1.53. The average Bonchev–Trinajstić information content (AvgIpc) is 2.70. The van der Waals surface area contributed by atoms with Crippen molar-refractivity contribution in [3.63, 3.8) is 0 Å². The Morgan fingerprint density at radius 1 is 0.571 bits per heavy atom. The van der Waals surface area contributed by atoms with E-state index in [1.54, 1.807) is 14.2 Å². The Bertz CT molecular complexity index is 664. The molecular weight excluding hydrogens is 496 g/mol. The molecule has 0 heterocycles. The molecule has 156 valence electrons. The van der Waals surface area contributed by atoms with Gasteiger partial charge in [-0.2, -0.15) is 0 Å². The maximum absolute atomic E-state index is 5.97. The zero-order valence-corrected chi connectivity index (χ0v) is 19.3. The molecule has 0 N–H and O–H groups in total. The number of hydrogen-bond acceptors (Lipinski definition) is 6. The van der Waals surface area contributed by atoms with Crippen LogP contribution in [-0.4, -0.2) is 67.1 Å². The van der Waals surface area contributed by atoms with Gasteiger partial charge in [0.15, 0.2) is 0 Å². The van der Waals surface area contributed by atoms with Crippen molar-refractivity contribution < 1.29 is 28.4 Å². The van der Waals surface area contributed by atoms with Gasteiger partial charge >= 0.3 is 0 Å². The first-order valence-corrected chi connectivity index (χ1v) is 10.6. The highest BCUT2D eigenvalue weighted by Gasteiger charge is 2.14. The largest absolute Gasteiger partial charge is 0.489 e. The lowest BCUT2D eigenvalue weighted by Gasteiger charge is -2.16. The van der Waals surface area contributed by atoms with Crippen molar-refractivity contribution >= 4 is 42.6 Å². The van der Waals surface area contributed by atoms with Crippen molar-refractivity contribution in [1.29, 1.82) is 0 Å². The molecular formula is C20H26Br2O6. The third kappa shape index (κ3) is 7.17. The van der Waals surface area contributed by atoms with Crippen LogP contribution in [0.3, 0.4) is 0 Å². The fourth-order valence-corrected chi connectivity index (χ4v) is 3.40. The van der Waals surface area contributed by atoms with Gasteiger partial charge in [-0.05, 0) is 56.1 Å². The lowest BCUT2D eigenvalue weighted by atomic mass is 10.1. The topological polar surface area (TPSA) is 55.4 Å². The fourth-order valence-electron chi connectivity index (χ4n) is 2.48. The lowest BCUT2D eigenvalue weighted by molar-refractivity contribution is 0.0543. The summed E-state index contributed by atoms with van der Waals surface area (Å²) in [6.45, 7) is 4.11. The van der Waals surface area contributed by atoms with Crippen LogP contribution in [0.4, 0.5) is 0 Å². The van der Waals surface area contributed by atoms with Crippen LogP contribution in [0, 0.1) is 0 Å². The second kappa shape index (κ2) is 13.3. The van der Waals surface area contributed by atoms with Crippen LogP contribution in [0.2, 0.25) is 0 Å². The molecule has 0 bridgehead atoms. The number of benzene rings is 2. The highest BCUT2D eigenvalue weighted by molar-refractivity contribution is 9.11. The second-order valence-corrected chi connectivity index (χ2v) is 7.46. The maximum atomic E-state index is 5.97. The summed E-state index contributed by atoms with van der Waals surface area (Å²) < 4.78 is 34.6. The van der Waals surface area contributed by atoms with Crippen molar-refractivity contribution in [2.24, 2.45) is 0 Å². The number of halogens is 2. The first kappa shape index (κ1) is 23.4. The van der Waals surface area contributed by atoms with Crippen LogP contribution in [0.5, 0.6) is 11.5 Å². The molecule has 0 aliphatic carbocycles. The molecule has 0 fully saturated rings. The van der Waals surface area contributed by atoms with Crippen molar-refractivity contribution in [1.82, 2.24) is 0 Å². The Hall–Kier alpha value is -0.900. The number of hydrogen-bond donors (Lipinski definition) is 0. The summed E-state index contributed by atoms with van der Waals surface area (Å²) in [5, 5.41) is 1.93. The second-order valence-electron chi connectivity index (χ2n) is 5.76. The maximum Gasteiger partial charge on any atom is 0.141 e. The molecule has 0 aliphatic rings. The monoisotopic (exact) mass is 520 g/mol. The smallest absolute Gasteiger partial charge is 0.141 e. The van der Waals surface area contributed by atoms with E-state index >= 15 is 0 Å². The van der Waals surface area contributed by atoms with Crippen LogP contribution in [-0.2, 0) is 18.9 Å². The standard InChI is InChI=1S/C20H26Br2O6/c1-23-7-9-25-11-13-27-19-15-3-6-18(22)20(16(15)4-5-17(19)21)28-14-12-26-10-8-24-2/h3-6H,7-14H2,1-2H3. The van der Waals surface area contributed by atoms with Crippen molar-refractivity contribution in [3.8, 4) is 11.5 Å². The molecule has 0 saturated carbocycles. The van der Waals surface area contributed by atoms with Gasteiger partial charge in [-0.1, -0.05) is 0 Å². The molecule has 0 atom stereocenters. The van der Waals surface area contributed by atoms with Crippen molar-refractivity contribution in [2.45, 2.75) is 0 Å². The Morgan fingerprint density at radius 3 is 1.36 bits per heavy atom. The third-order valence-electron chi connectivity index (χ3n) is 3.82. The van der Waals surface area contributed by atoms with E-state index in [1.807, 2.05) is 24.3 Å². The summed E-state index contributed by atoms with van der Waals surface area (Å²) in [5.41, 5.74) is 0. The van der Waals surface area contributed by atoms with Crippen molar-refractivity contribution in [3.05, 3.63) is 33.2 Å². The van der Waals surface area contributed by atoms with Gasteiger partial charge < -0.3 is 28.4 Å². The van der Waals surface area contributed by atoms with Gasteiger partial charge in [0.05, 0.1) is 48.6 Å². The fraction of sp³-hybridized carbons (Fsp3) is 0.500. The molecule has 2 rings (SSSR count). The predicted molar refractivity (Wildman–Crippen MR) is 116 cm³/mol. The highest BCUT2D eigenvalue weighted by Crippen LogP contribution is 2.41. The van der Waals surface area contributed by atoms with Crippen LogP contribution in [0.15, 0.2) is 33.2 Å². The minimum Gasteiger partial charge on any atom is -0.489 e. The van der Waals surface area contributed by atoms with Gasteiger partial charge in [-0.25, -0.2) is 0 Å².